The SMILES string of the molecule is COc1ccc(NC(=O)Cn2nc3n(Cc4ccc(F)cc4)c(=O)c4ccccc4n3c2=O)cc1. The zero-order valence-electron chi connectivity index (χ0n) is 18.6. The van der Waals surface area contributed by atoms with Gasteiger partial charge in [0, 0.05) is 5.69 Å². The molecule has 3 aromatic carbocycles. The lowest BCUT2D eigenvalue weighted by molar-refractivity contribution is -0.117. The fraction of sp³-hybridized carbons (Fsp3) is 0.120. The standard InChI is InChI=1S/C25H20FN5O4/c1-35-19-12-10-18(11-13-19)27-22(32)15-30-25(34)31-21-5-3-2-4-20(21)23(33)29(24(31)28-30)14-16-6-8-17(26)9-7-16/h2-13H,14-15H2,1H3,(H,27,32). The van der Waals surface area contributed by atoms with E-state index in [0.717, 1.165) is 4.68 Å². The fourth-order valence-corrected chi connectivity index (χ4v) is 3.90. The Hall–Kier alpha value is -4.73. The maximum atomic E-state index is 13.4. The highest BCUT2D eigenvalue weighted by atomic mass is 19.1. The quantitative estimate of drug-likeness (QED) is 0.409. The number of carbonyl (C=O) groups excluding carboxylic acids is 1. The second kappa shape index (κ2) is 8.90. The zero-order valence-corrected chi connectivity index (χ0v) is 18.6. The molecule has 0 spiro atoms. The molecule has 1 amide bonds. The molecule has 10 heteroatoms. The van der Waals surface area contributed by atoms with E-state index in [9.17, 15) is 18.8 Å². The van der Waals surface area contributed by atoms with Crippen molar-refractivity contribution in [1.82, 2.24) is 18.7 Å². The molecular weight excluding hydrogens is 453 g/mol. The lowest BCUT2D eigenvalue weighted by Gasteiger charge is -2.09. The van der Waals surface area contributed by atoms with Crippen LogP contribution in [0.2, 0.25) is 0 Å². The van der Waals surface area contributed by atoms with Crippen LogP contribution in [0.5, 0.6) is 5.75 Å². The van der Waals surface area contributed by atoms with Crippen molar-refractivity contribution in [1.29, 1.82) is 0 Å². The maximum Gasteiger partial charge on any atom is 0.352 e. The van der Waals surface area contributed by atoms with Crippen LogP contribution in [0.1, 0.15) is 5.56 Å². The van der Waals surface area contributed by atoms with Crippen LogP contribution in [-0.4, -0.2) is 31.8 Å². The summed E-state index contributed by atoms with van der Waals surface area (Å²) in [7, 11) is 1.54. The second-order valence-electron chi connectivity index (χ2n) is 7.89. The van der Waals surface area contributed by atoms with Crippen molar-refractivity contribution in [2.45, 2.75) is 13.1 Å². The van der Waals surface area contributed by atoms with Crippen LogP contribution in [0, 0.1) is 5.82 Å². The Kier molecular flexibility index (Phi) is 5.61. The molecule has 0 fully saturated rings. The minimum atomic E-state index is -0.561. The first-order chi connectivity index (χ1) is 16.9. The van der Waals surface area contributed by atoms with Gasteiger partial charge in [0.15, 0.2) is 0 Å². The molecule has 5 aromatic rings. The number of nitrogens with one attached hydrogen (secondary N) is 1. The van der Waals surface area contributed by atoms with Crippen molar-refractivity contribution in [2.75, 3.05) is 12.4 Å². The number of rotatable bonds is 6. The van der Waals surface area contributed by atoms with Gasteiger partial charge in [0.05, 0.1) is 24.6 Å². The van der Waals surface area contributed by atoms with Crippen molar-refractivity contribution in [2.24, 2.45) is 0 Å². The van der Waals surface area contributed by atoms with Gasteiger partial charge >= 0.3 is 5.69 Å². The highest BCUT2D eigenvalue weighted by Crippen LogP contribution is 2.15. The average Bonchev–Trinajstić information content (AvgIpc) is 3.19. The van der Waals surface area contributed by atoms with E-state index in [1.165, 1.54) is 21.1 Å². The lowest BCUT2D eigenvalue weighted by atomic mass is 10.2. The first-order valence-electron chi connectivity index (χ1n) is 10.7. The van der Waals surface area contributed by atoms with Crippen LogP contribution >= 0.6 is 0 Å². The van der Waals surface area contributed by atoms with Gasteiger partial charge in [-0.1, -0.05) is 24.3 Å². The van der Waals surface area contributed by atoms with Crippen molar-refractivity contribution >= 4 is 28.3 Å². The third kappa shape index (κ3) is 4.17. The number of fused-ring (bicyclic) bond motifs is 3. The number of aromatic nitrogens is 4. The number of benzene rings is 3. The molecule has 35 heavy (non-hydrogen) atoms. The van der Waals surface area contributed by atoms with Gasteiger partial charge in [-0.3, -0.25) is 14.2 Å². The average molecular weight is 473 g/mol. The molecule has 0 saturated carbocycles. The molecule has 0 radical (unpaired) electrons. The van der Waals surface area contributed by atoms with Crippen molar-refractivity contribution in [3.05, 3.63) is 105 Å². The summed E-state index contributed by atoms with van der Waals surface area (Å²) in [4.78, 5) is 39.2. The van der Waals surface area contributed by atoms with Gasteiger partial charge in [-0.05, 0) is 54.1 Å². The van der Waals surface area contributed by atoms with Crippen LogP contribution in [0.4, 0.5) is 10.1 Å². The molecule has 9 nitrogen and oxygen atoms in total. The number of hydrogen-bond acceptors (Lipinski definition) is 5. The molecule has 2 aromatic heterocycles. The van der Waals surface area contributed by atoms with E-state index in [1.54, 1.807) is 67.8 Å². The Bertz CT molecular complexity index is 1670. The molecule has 2 heterocycles. The second-order valence-corrected chi connectivity index (χ2v) is 7.89. The van der Waals surface area contributed by atoms with Gasteiger partial charge in [0.25, 0.3) is 5.56 Å². The summed E-state index contributed by atoms with van der Waals surface area (Å²) >= 11 is 0. The topological polar surface area (TPSA) is 99.6 Å². The summed E-state index contributed by atoms with van der Waals surface area (Å²) in [5, 5.41) is 7.36. The number of hydrogen-bond donors (Lipinski definition) is 1. The number of ether oxygens (including phenoxy) is 1. The molecular formula is C25H20FN5O4. The fourth-order valence-electron chi connectivity index (χ4n) is 3.90. The van der Waals surface area contributed by atoms with Gasteiger partial charge < -0.3 is 10.1 Å². The van der Waals surface area contributed by atoms with E-state index in [1.807, 2.05) is 0 Å². The van der Waals surface area contributed by atoms with Gasteiger partial charge in [-0.2, -0.15) is 0 Å². The molecule has 0 saturated heterocycles. The van der Waals surface area contributed by atoms with E-state index < -0.39 is 17.4 Å². The molecule has 176 valence electrons. The Morgan fingerprint density at radius 2 is 1.71 bits per heavy atom. The normalized spacial score (nSPS) is 11.1. The van der Waals surface area contributed by atoms with Crippen LogP contribution in [0.15, 0.2) is 82.4 Å². The maximum absolute atomic E-state index is 13.4. The number of methoxy groups -OCH3 is 1. The molecule has 0 aliphatic heterocycles. The van der Waals surface area contributed by atoms with Gasteiger partial charge in [-0.15, -0.1) is 5.10 Å². The van der Waals surface area contributed by atoms with E-state index in [0.29, 0.717) is 27.9 Å². The largest absolute Gasteiger partial charge is 0.497 e. The zero-order chi connectivity index (χ0) is 24.5. The first kappa shape index (κ1) is 22.1. The van der Waals surface area contributed by atoms with Crippen LogP contribution in [0.25, 0.3) is 16.7 Å². The summed E-state index contributed by atoms with van der Waals surface area (Å²) in [5.74, 6) is -0.128. The smallest absolute Gasteiger partial charge is 0.352 e. The monoisotopic (exact) mass is 473 g/mol. The highest BCUT2D eigenvalue weighted by molar-refractivity contribution is 5.90. The van der Waals surface area contributed by atoms with Crippen LogP contribution in [0.3, 0.4) is 0 Å². The minimum Gasteiger partial charge on any atom is -0.497 e. The third-order valence-corrected chi connectivity index (χ3v) is 5.61. The molecule has 0 bridgehead atoms. The van der Waals surface area contributed by atoms with Crippen molar-refractivity contribution < 1.29 is 13.9 Å². The Balaban J connectivity index is 1.57. The predicted octanol–water partition coefficient (Wildman–Crippen LogP) is 2.65. The minimum absolute atomic E-state index is 0.0714. The Morgan fingerprint density at radius 3 is 2.43 bits per heavy atom. The molecule has 0 aliphatic carbocycles. The summed E-state index contributed by atoms with van der Waals surface area (Å²) in [6.07, 6.45) is 0. The number of para-hydroxylation sites is 1. The predicted molar refractivity (Wildman–Crippen MR) is 128 cm³/mol. The highest BCUT2D eigenvalue weighted by Gasteiger charge is 2.19. The van der Waals surface area contributed by atoms with E-state index in [-0.39, 0.29) is 24.4 Å². The molecule has 5 rings (SSSR count). The lowest BCUT2D eigenvalue weighted by Crippen LogP contribution is -2.29. The van der Waals surface area contributed by atoms with E-state index >= 15 is 0 Å². The van der Waals surface area contributed by atoms with Gasteiger partial charge in [0.1, 0.15) is 18.1 Å². The molecule has 1 N–H and O–H groups in total. The van der Waals surface area contributed by atoms with Crippen molar-refractivity contribution in [3.63, 3.8) is 0 Å². The van der Waals surface area contributed by atoms with Crippen LogP contribution in [-0.2, 0) is 17.9 Å². The van der Waals surface area contributed by atoms with Gasteiger partial charge in [0.2, 0.25) is 11.7 Å². The molecule has 0 aliphatic rings. The number of amides is 1. The number of nitrogens with zero attached hydrogens (tertiary/aromatic N) is 4. The third-order valence-electron chi connectivity index (χ3n) is 5.61. The number of carbonyl (C=O) groups is 1. The Labute approximate surface area is 197 Å². The van der Waals surface area contributed by atoms with E-state index in [2.05, 4.69) is 10.4 Å². The van der Waals surface area contributed by atoms with Gasteiger partial charge in [-0.25, -0.2) is 18.3 Å². The summed E-state index contributed by atoms with van der Waals surface area (Å²) in [6.45, 7) is -0.284. The van der Waals surface area contributed by atoms with Crippen molar-refractivity contribution in [3.8, 4) is 5.75 Å². The van der Waals surface area contributed by atoms with Crippen LogP contribution < -0.4 is 21.3 Å². The first-order valence-corrected chi connectivity index (χ1v) is 10.7. The molecule has 0 unspecified atom stereocenters. The van der Waals surface area contributed by atoms with E-state index in [4.69, 9.17) is 4.74 Å². The number of halogens is 1. The summed E-state index contributed by atoms with van der Waals surface area (Å²) in [5.41, 5.74) is 0.664. The molecule has 0 atom stereocenters. The number of anilines is 1. The summed E-state index contributed by atoms with van der Waals surface area (Å²) in [6, 6.07) is 19.2. The Morgan fingerprint density at radius 1 is 1.00 bits per heavy atom. The summed E-state index contributed by atoms with van der Waals surface area (Å²) < 4.78 is 22.1.